The SMILES string of the molecule is C=C(C)C(=O)OCCCc1cc(-c2ccc(-c3ccc(CCCCC)cc3)cc2CC)cc(C=C(C)C(=O)OCCC)c1OCCCO[Si](C)(C)C(C)(C)C. The van der Waals surface area contributed by atoms with E-state index in [4.69, 9.17) is 18.6 Å². The molecule has 0 fully saturated rings. The van der Waals surface area contributed by atoms with E-state index < -0.39 is 14.3 Å². The Kier molecular flexibility index (Phi) is 18.1. The van der Waals surface area contributed by atoms with Crippen LogP contribution in [-0.4, -0.2) is 46.7 Å². The summed E-state index contributed by atoms with van der Waals surface area (Å²) in [5, 5.41) is 0.125. The maximum atomic E-state index is 13.0. The van der Waals surface area contributed by atoms with E-state index in [1.54, 1.807) is 13.8 Å². The molecule has 0 aliphatic carbocycles. The Balaban J connectivity index is 2.06. The third kappa shape index (κ3) is 13.9. The highest BCUT2D eigenvalue weighted by molar-refractivity contribution is 6.74. The van der Waals surface area contributed by atoms with Crippen LogP contribution in [0.4, 0.5) is 0 Å². The highest BCUT2D eigenvalue weighted by Gasteiger charge is 2.36. The minimum Gasteiger partial charge on any atom is -0.493 e. The molecule has 3 aromatic rings. The summed E-state index contributed by atoms with van der Waals surface area (Å²) in [7, 11) is -1.89. The van der Waals surface area contributed by atoms with Gasteiger partial charge in [-0.1, -0.05) is 103 Å². The Morgan fingerprint density at radius 2 is 1.38 bits per heavy atom. The smallest absolute Gasteiger partial charge is 0.333 e. The molecule has 0 saturated carbocycles. The summed E-state index contributed by atoms with van der Waals surface area (Å²) in [6.07, 6.45) is 10.2. The number of hydrogen-bond acceptors (Lipinski definition) is 6. The third-order valence-corrected chi connectivity index (χ3v) is 15.0. The van der Waals surface area contributed by atoms with Gasteiger partial charge in [-0.2, -0.15) is 0 Å². The molecule has 6 nitrogen and oxygen atoms in total. The summed E-state index contributed by atoms with van der Waals surface area (Å²) >= 11 is 0. The molecule has 0 N–H and O–H groups in total. The zero-order valence-electron chi connectivity index (χ0n) is 35.6. The molecule has 55 heavy (non-hydrogen) atoms. The second kappa shape index (κ2) is 22.0. The van der Waals surface area contributed by atoms with Crippen molar-refractivity contribution in [3.63, 3.8) is 0 Å². The predicted molar refractivity (Wildman–Crippen MR) is 232 cm³/mol. The highest BCUT2D eigenvalue weighted by atomic mass is 28.4. The van der Waals surface area contributed by atoms with Crippen LogP contribution in [0.15, 0.2) is 72.3 Å². The van der Waals surface area contributed by atoms with Crippen molar-refractivity contribution in [1.29, 1.82) is 0 Å². The van der Waals surface area contributed by atoms with Gasteiger partial charge >= 0.3 is 11.9 Å². The molecule has 3 rings (SSSR count). The van der Waals surface area contributed by atoms with Crippen molar-refractivity contribution in [2.24, 2.45) is 0 Å². The van der Waals surface area contributed by atoms with Crippen LogP contribution in [0, 0.1) is 0 Å². The molecule has 7 heteroatoms. The van der Waals surface area contributed by atoms with Gasteiger partial charge in [0.2, 0.25) is 0 Å². The molecule has 0 heterocycles. The van der Waals surface area contributed by atoms with Crippen LogP contribution in [0.25, 0.3) is 28.3 Å². The first-order valence-corrected chi connectivity index (χ1v) is 23.4. The molecule has 0 radical (unpaired) electrons. The molecule has 0 unspecified atom stereocenters. The van der Waals surface area contributed by atoms with Gasteiger partial charge in [0.25, 0.3) is 0 Å². The van der Waals surface area contributed by atoms with Gasteiger partial charge in [-0.25, -0.2) is 9.59 Å². The fraction of sp³-hybridized carbons (Fsp3) is 0.500. The molecule has 0 aliphatic heterocycles. The number of ether oxygens (including phenoxy) is 3. The van der Waals surface area contributed by atoms with Crippen molar-refractivity contribution >= 4 is 26.3 Å². The zero-order valence-corrected chi connectivity index (χ0v) is 36.6. The molecule has 0 aromatic heterocycles. The van der Waals surface area contributed by atoms with E-state index in [0.29, 0.717) is 43.8 Å². The van der Waals surface area contributed by atoms with Gasteiger partial charge < -0.3 is 18.6 Å². The van der Waals surface area contributed by atoms with Crippen LogP contribution in [0.5, 0.6) is 5.75 Å². The average Bonchev–Trinajstić information content (AvgIpc) is 3.15. The Bertz CT molecular complexity index is 1750. The van der Waals surface area contributed by atoms with E-state index in [0.717, 1.165) is 53.7 Å². The van der Waals surface area contributed by atoms with Crippen LogP contribution in [-0.2, 0) is 42.8 Å². The van der Waals surface area contributed by atoms with E-state index >= 15 is 0 Å². The number of esters is 2. The minimum absolute atomic E-state index is 0.125. The zero-order chi connectivity index (χ0) is 40.6. The van der Waals surface area contributed by atoms with Crippen LogP contribution in [0.2, 0.25) is 18.1 Å². The molecule has 0 spiro atoms. The molecule has 0 bridgehead atoms. The number of carbonyl (C=O) groups excluding carboxylic acids is 2. The van der Waals surface area contributed by atoms with Gasteiger partial charge in [-0.05, 0) is 128 Å². The van der Waals surface area contributed by atoms with Gasteiger partial charge in [0, 0.05) is 29.7 Å². The molecule has 0 aliphatic rings. The average molecular weight is 769 g/mol. The van der Waals surface area contributed by atoms with Gasteiger partial charge in [0.15, 0.2) is 8.32 Å². The second-order valence-corrected chi connectivity index (χ2v) is 21.0. The standard InChI is InChI=1S/C48H68O6Si/c1-12-15-16-19-37-21-23-39(24-22-37)40-25-26-44(38(14-3)32-40)42-33-41(20-17-28-53-46(49)35(4)5)45(43(34-42)31-36(6)47(50)52-27-13-2)51-29-18-30-54-55(10,11)48(7,8)9/h21-26,31-34H,4,12-20,27-30H2,1-3,5-11H3. The molecule has 0 saturated heterocycles. The van der Waals surface area contributed by atoms with E-state index in [1.807, 2.05) is 13.0 Å². The van der Waals surface area contributed by atoms with Gasteiger partial charge in [-0.15, -0.1) is 0 Å². The Hall–Kier alpha value is -3.94. The van der Waals surface area contributed by atoms with Crippen LogP contribution < -0.4 is 4.74 Å². The Morgan fingerprint density at radius 3 is 2.02 bits per heavy atom. The lowest BCUT2D eigenvalue weighted by atomic mass is 9.90. The van der Waals surface area contributed by atoms with Gasteiger partial charge in [0.1, 0.15) is 5.75 Å². The van der Waals surface area contributed by atoms with Crippen molar-refractivity contribution in [3.8, 4) is 28.0 Å². The molecule has 0 atom stereocenters. The van der Waals surface area contributed by atoms with Crippen molar-refractivity contribution < 1.29 is 28.2 Å². The fourth-order valence-electron chi connectivity index (χ4n) is 6.06. The lowest BCUT2D eigenvalue weighted by molar-refractivity contribution is -0.139. The van der Waals surface area contributed by atoms with Gasteiger partial charge in [0.05, 0.1) is 19.8 Å². The first-order valence-electron chi connectivity index (χ1n) is 20.5. The predicted octanol–water partition coefficient (Wildman–Crippen LogP) is 12.5. The summed E-state index contributed by atoms with van der Waals surface area (Å²) in [5.74, 6) is -0.0153. The lowest BCUT2D eigenvalue weighted by Crippen LogP contribution is -2.41. The third-order valence-electron chi connectivity index (χ3n) is 10.5. The first-order chi connectivity index (χ1) is 26.1. The normalized spacial score (nSPS) is 12.1. The van der Waals surface area contributed by atoms with E-state index in [2.05, 4.69) is 109 Å². The largest absolute Gasteiger partial charge is 0.493 e. The van der Waals surface area contributed by atoms with Crippen molar-refractivity contribution in [2.45, 2.75) is 131 Å². The number of rotatable bonds is 22. The van der Waals surface area contributed by atoms with Crippen LogP contribution >= 0.6 is 0 Å². The van der Waals surface area contributed by atoms with E-state index in [-0.39, 0.29) is 17.6 Å². The molecule has 0 amide bonds. The van der Waals surface area contributed by atoms with Crippen LogP contribution in [0.3, 0.4) is 0 Å². The summed E-state index contributed by atoms with van der Waals surface area (Å²) in [6.45, 7) is 26.5. The second-order valence-electron chi connectivity index (χ2n) is 16.2. The van der Waals surface area contributed by atoms with E-state index in [9.17, 15) is 9.59 Å². The van der Waals surface area contributed by atoms with Crippen molar-refractivity contribution in [2.75, 3.05) is 26.4 Å². The number of unbranched alkanes of at least 4 members (excludes halogenated alkanes) is 2. The molecular formula is C48H68O6Si. The lowest BCUT2D eigenvalue weighted by Gasteiger charge is -2.36. The van der Waals surface area contributed by atoms with Crippen molar-refractivity contribution in [1.82, 2.24) is 0 Å². The highest BCUT2D eigenvalue weighted by Crippen LogP contribution is 2.38. The molecular weight excluding hydrogens is 701 g/mol. The van der Waals surface area contributed by atoms with Crippen LogP contribution in [0.1, 0.15) is 116 Å². The Labute approximate surface area is 333 Å². The van der Waals surface area contributed by atoms with Crippen molar-refractivity contribution in [3.05, 3.63) is 94.6 Å². The number of aryl methyl sites for hydroxylation is 3. The number of benzene rings is 3. The number of carbonyl (C=O) groups is 2. The quantitative estimate of drug-likeness (QED) is 0.0439. The monoisotopic (exact) mass is 768 g/mol. The topological polar surface area (TPSA) is 71.1 Å². The maximum absolute atomic E-state index is 13.0. The number of hydrogen-bond donors (Lipinski definition) is 0. The maximum Gasteiger partial charge on any atom is 0.333 e. The molecule has 300 valence electrons. The summed E-state index contributed by atoms with van der Waals surface area (Å²) < 4.78 is 24.1. The Morgan fingerprint density at radius 1 is 0.709 bits per heavy atom. The summed E-state index contributed by atoms with van der Waals surface area (Å²) in [6, 6.07) is 20.0. The molecule has 3 aromatic carbocycles. The minimum atomic E-state index is -1.89. The van der Waals surface area contributed by atoms with E-state index in [1.165, 1.54) is 41.5 Å². The summed E-state index contributed by atoms with van der Waals surface area (Å²) in [5.41, 5.74) is 9.86. The van der Waals surface area contributed by atoms with Gasteiger partial charge in [-0.3, -0.25) is 0 Å². The summed E-state index contributed by atoms with van der Waals surface area (Å²) in [4.78, 5) is 25.2. The fourth-order valence-corrected chi connectivity index (χ4v) is 7.14. The first kappa shape index (κ1) is 45.4.